The van der Waals surface area contributed by atoms with Crippen LogP contribution in [-0.2, 0) is 20.6 Å². The number of aromatic nitrogens is 4. The number of hydrogen-bond donors (Lipinski definition) is 1. The van der Waals surface area contributed by atoms with E-state index in [4.69, 9.17) is 5.11 Å². The molecule has 114 valence electrons. The average molecular weight is 299 g/mol. The first-order valence-electron chi connectivity index (χ1n) is 6.84. The monoisotopic (exact) mass is 299 g/mol. The van der Waals surface area contributed by atoms with Crippen molar-refractivity contribution >= 4 is 22.7 Å². The van der Waals surface area contributed by atoms with Crippen LogP contribution < -0.4 is 4.90 Å². The molecule has 0 amide bonds. The highest BCUT2D eigenvalue weighted by Gasteiger charge is 2.13. The summed E-state index contributed by atoms with van der Waals surface area (Å²) in [5.74, 6) is -0.0783. The summed E-state index contributed by atoms with van der Waals surface area (Å²) in [5.41, 5.74) is 2.86. The fraction of sp³-hybridized carbons (Fsp3) is 0.267. The molecule has 3 aromatic rings. The molecule has 0 atom stereocenters. The van der Waals surface area contributed by atoms with Crippen molar-refractivity contribution in [3.05, 3.63) is 42.0 Å². The molecule has 0 aliphatic rings. The van der Waals surface area contributed by atoms with Crippen LogP contribution in [0, 0.1) is 0 Å². The standard InChI is InChI=1S/C15H17N5O2/c1-18(11-7-16-19(2)8-11)9-14-17-12-6-10(15(21)22)4-5-13(12)20(14)3/h4-8H,9H2,1-3H3,(H,21,22). The first kappa shape index (κ1) is 14.1. The molecular formula is C15H17N5O2. The molecule has 0 spiro atoms. The van der Waals surface area contributed by atoms with E-state index in [1.807, 2.05) is 36.8 Å². The number of carboxylic acid groups (broad SMARTS) is 1. The Morgan fingerprint density at radius 3 is 2.77 bits per heavy atom. The molecule has 3 rings (SSSR count). The summed E-state index contributed by atoms with van der Waals surface area (Å²) >= 11 is 0. The van der Waals surface area contributed by atoms with Crippen molar-refractivity contribution in [2.24, 2.45) is 14.1 Å². The van der Waals surface area contributed by atoms with Gasteiger partial charge in [-0.3, -0.25) is 4.68 Å². The second-order valence-electron chi connectivity index (χ2n) is 5.32. The van der Waals surface area contributed by atoms with Crippen molar-refractivity contribution in [1.29, 1.82) is 0 Å². The Morgan fingerprint density at radius 1 is 1.36 bits per heavy atom. The van der Waals surface area contributed by atoms with Crippen molar-refractivity contribution in [3.63, 3.8) is 0 Å². The van der Waals surface area contributed by atoms with Gasteiger partial charge < -0.3 is 14.6 Å². The van der Waals surface area contributed by atoms with E-state index in [0.717, 1.165) is 17.0 Å². The number of benzene rings is 1. The van der Waals surface area contributed by atoms with Gasteiger partial charge in [-0.2, -0.15) is 5.10 Å². The van der Waals surface area contributed by atoms with Gasteiger partial charge in [0, 0.05) is 27.3 Å². The number of hydrogen-bond acceptors (Lipinski definition) is 4. The van der Waals surface area contributed by atoms with Crippen molar-refractivity contribution in [1.82, 2.24) is 19.3 Å². The zero-order chi connectivity index (χ0) is 15.9. The van der Waals surface area contributed by atoms with E-state index in [1.165, 1.54) is 0 Å². The minimum Gasteiger partial charge on any atom is -0.478 e. The van der Waals surface area contributed by atoms with Crippen LogP contribution in [0.2, 0.25) is 0 Å². The second-order valence-corrected chi connectivity index (χ2v) is 5.32. The Kier molecular flexibility index (Phi) is 3.32. The van der Waals surface area contributed by atoms with Crippen molar-refractivity contribution < 1.29 is 9.90 Å². The number of anilines is 1. The van der Waals surface area contributed by atoms with Crippen LogP contribution in [0.15, 0.2) is 30.6 Å². The minimum absolute atomic E-state index is 0.248. The third-order valence-electron chi connectivity index (χ3n) is 3.73. The third kappa shape index (κ3) is 2.41. The molecular weight excluding hydrogens is 282 g/mol. The van der Waals surface area contributed by atoms with Crippen LogP contribution in [0.25, 0.3) is 11.0 Å². The molecule has 0 saturated heterocycles. The highest BCUT2D eigenvalue weighted by molar-refractivity contribution is 5.92. The van der Waals surface area contributed by atoms with Gasteiger partial charge in [0.25, 0.3) is 0 Å². The smallest absolute Gasteiger partial charge is 0.335 e. The molecule has 0 radical (unpaired) electrons. The molecule has 0 aliphatic heterocycles. The molecule has 1 N–H and O–H groups in total. The number of nitrogens with zero attached hydrogens (tertiary/aromatic N) is 5. The van der Waals surface area contributed by atoms with Crippen LogP contribution in [0.4, 0.5) is 5.69 Å². The number of aryl methyl sites for hydroxylation is 2. The van der Waals surface area contributed by atoms with Gasteiger partial charge in [-0.15, -0.1) is 0 Å². The number of carbonyl (C=O) groups is 1. The average Bonchev–Trinajstić information content (AvgIpc) is 3.03. The maximum Gasteiger partial charge on any atom is 0.335 e. The summed E-state index contributed by atoms with van der Waals surface area (Å²) in [4.78, 5) is 17.7. The number of rotatable bonds is 4. The predicted octanol–water partition coefficient (Wildman–Crippen LogP) is 1.64. The fourth-order valence-electron chi connectivity index (χ4n) is 2.43. The Bertz CT molecular complexity index is 849. The number of fused-ring (bicyclic) bond motifs is 1. The van der Waals surface area contributed by atoms with Crippen molar-refractivity contribution in [2.75, 3.05) is 11.9 Å². The summed E-state index contributed by atoms with van der Waals surface area (Å²) in [5, 5.41) is 13.2. The second kappa shape index (κ2) is 5.18. The van der Waals surface area contributed by atoms with Gasteiger partial charge in [-0.05, 0) is 18.2 Å². The molecule has 0 aliphatic carbocycles. The van der Waals surface area contributed by atoms with Crippen LogP contribution in [0.5, 0.6) is 0 Å². The molecule has 0 bridgehead atoms. The molecule has 22 heavy (non-hydrogen) atoms. The SMILES string of the molecule is CN(Cc1nc2cc(C(=O)O)ccc2n1C)c1cnn(C)c1. The lowest BCUT2D eigenvalue weighted by Crippen LogP contribution is -2.18. The van der Waals surface area contributed by atoms with E-state index in [2.05, 4.69) is 10.1 Å². The summed E-state index contributed by atoms with van der Waals surface area (Å²) in [6.45, 7) is 0.610. The summed E-state index contributed by atoms with van der Waals surface area (Å²) in [7, 11) is 5.78. The molecule has 7 heteroatoms. The van der Waals surface area contributed by atoms with E-state index in [9.17, 15) is 4.79 Å². The first-order valence-corrected chi connectivity index (χ1v) is 6.84. The Balaban J connectivity index is 1.93. The fourth-order valence-corrected chi connectivity index (χ4v) is 2.43. The molecule has 2 heterocycles. The molecule has 7 nitrogen and oxygen atoms in total. The number of carboxylic acids is 1. The normalized spacial score (nSPS) is 11.0. The third-order valence-corrected chi connectivity index (χ3v) is 3.73. The lowest BCUT2D eigenvalue weighted by molar-refractivity contribution is 0.0697. The van der Waals surface area contributed by atoms with Gasteiger partial charge in [0.15, 0.2) is 0 Å². The van der Waals surface area contributed by atoms with E-state index in [0.29, 0.717) is 12.1 Å². The minimum atomic E-state index is -0.943. The van der Waals surface area contributed by atoms with Crippen LogP contribution in [0.3, 0.4) is 0 Å². The van der Waals surface area contributed by atoms with Gasteiger partial charge in [0.1, 0.15) is 5.82 Å². The van der Waals surface area contributed by atoms with Crippen LogP contribution in [-0.4, -0.2) is 37.5 Å². The number of imidazole rings is 1. The highest BCUT2D eigenvalue weighted by Crippen LogP contribution is 2.19. The van der Waals surface area contributed by atoms with Crippen LogP contribution >= 0.6 is 0 Å². The summed E-state index contributed by atoms with van der Waals surface area (Å²) < 4.78 is 3.73. The van der Waals surface area contributed by atoms with Gasteiger partial charge in [-0.1, -0.05) is 0 Å². The van der Waals surface area contributed by atoms with Crippen molar-refractivity contribution in [2.45, 2.75) is 6.54 Å². The lowest BCUT2D eigenvalue weighted by Gasteiger charge is -2.16. The highest BCUT2D eigenvalue weighted by atomic mass is 16.4. The largest absolute Gasteiger partial charge is 0.478 e. The predicted molar refractivity (Wildman–Crippen MR) is 83.0 cm³/mol. The quantitative estimate of drug-likeness (QED) is 0.792. The van der Waals surface area contributed by atoms with Gasteiger partial charge in [-0.25, -0.2) is 9.78 Å². The zero-order valence-electron chi connectivity index (χ0n) is 12.7. The summed E-state index contributed by atoms with van der Waals surface area (Å²) in [6, 6.07) is 4.99. The van der Waals surface area contributed by atoms with E-state index < -0.39 is 5.97 Å². The summed E-state index contributed by atoms with van der Waals surface area (Å²) in [6.07, 6.45) is 3.73. The molecule has 0 unspecified atom stereocenters. The molecule has 0 saturated carbocycles. The van der Waals surface area contributed by atoms with E-state index in [1.54, 1.807) is 29.1 Å². The lowest BCUT2D eigenvalue weighted by atomic mass is 10.2. The molecule has 2 aromatic heterocycles. The number of aromatic carboxylic acids is 1. The van der Waals surface area contributed by atoms with Gasteiger partial charge >= 0.3 is 5.97 Å². The van der Waals surface area contributed by atoms with Gasteiger partial charge in [0.2, 0.25) is 0 Å². The Labute approximate surface area is 127 Å². The van der Waals surface area contributed by atoms with E-state index >= 15 is 0 Å². The maximum absolute atomic E-state index is 11.0. The molecule has 1 aromatic carbocycles. The van der Waals surface area contributed by atoms with Crippen LogP contribution in [0.1, 0.15) is 16.2 Å². The topological polar surface area (TPSA) is 76.2 Å². The Hall–Kier alpha value is -2.83. The van der Waals surface area contributed by atoms with Crippen molar-refractivity contribution in [3.8, 4) is 0 Å². The zero-order valence-corrected chi connectivity index (χ0v) is 12.7. The molecule has 0 fully saturated rings. The van der Waals surface area contributed by atoms with E-state index in [-0.39, 0.29) is 5.56 Å². The van der Waals surface area contributed by atoms with Gasteiger partial charge in [0.05, 0.1) is 35.0 Å². The first-order chi connectivity index (χ1) is 10.5. The Morgan fingerprint density at radius 2 is 2.14 bits per heavy atom. The maximum atomic E-state index is 11.0.